The van der Waals surface area contributed by atoms with Crippen molar-refractivity contribution in [1.29, 1.82) is 0 Å². The fraction of sp³-hybridized carbons (Fsp3) is 0.222. The Morgan fingerprint density at radius 3 is 2.71 bits per heavy atom. The van der Waals surface area contributed by atoms with Crippen LogP contribution in [0.2, 0.25) is 0 Å². The molecule has 2 heterocycles. The molecule has 2 aromatic heterocycles. The second kappa shape index (κ2) is 7.43. The number of H-pyrrole nitrogens is 1. The number of halogens is 2. The molecule has 0 bridgehead atoms. The van der Waals surface area contributed by atoms with Crippen LogP contribution in [0.15, 0.2) is 35.4 Å². The molecule has 3 aromatic rings. The molecule has 0 unspecified atom stereocenters. The number of aromatic amines is 1. The van der Waals surface area contributed by atoms with Crippen LogP contribution < -0.4 is 10.7 Å². The van der Waals surface area contributed by atoms with E-state index in [-0.39, 0.29) is 23.6 Å². The van der Waals surface area contributed by atoms with Gasteiger partial charge >= 0.3 is 5.97 Å². The molecule has 1 amide bonds. The van der Waals surface area contributed by atoms with Crippen LogP contribution in [0.1, 0.15) is 34.7 Å². The maximum Gasteiger partial charge on any atom is 0.322 e. The average Bonchev–Trinajstić information content (AvgIpc) is 3.36. The number of nitrogens with zero attached hydrogens (tertiary/aromatic N) is 2. The number of hydrogen-bond donors (Lipinski definition) is 3. The molecule has 1 aliphatic carbocycles. The van der Waals surface area contributed by atoms with Gasteiger partial charge < -0.3 is 10.4 Å². The molecule has 1 aromatic carbocycles. The Hall–Kier alpha value is -3.20. The van der Waals surface area contributed by atoms with E-state index in [9.17, 15) is 18.8 Å². The Labute approximate surface area is 163 Å². The molecule has 0 spiro atoms. The van der Waals surface area contributed by atoms with Crippen LogP contribution in [0, 0.1) is 5.82 Å². The Morgan fingerprint density at radius 2 is 2.04 bits per heavy atom. The maximum absolute atomic E-state index is 14.1. The van der Waals surface area contributed by atoms with Gasteiger partial charge in [-0.1, -0.05) is 0 Å². The lowest BCUT2D eigenvalue weighted by atomic mass is 10.0. The van der Waals surface area contributed by atoms with Gasteiger partial charge in [0.2, 0.25) is 0 Å². The van der Waals surface area contributed by atoms with Crippen molar-refractivity contribution in [3.8, 4) is 11.3 Å². The fourth-order valence-corrected chi connectivity index (χ4v) is 3.08. The highest BCUT2D eigenvalue weighted by atomic mass is 35.5. The smallest absolute Gasteiger partial charge is 0.322 e. The van der Waals surface area contributed by atoms with E-state index in [0.29, 0.717) is 17.2 Å². The van der Waals surface area contributed by atoms with Crippen LogP contribution >= 0.6 is 12.4 Å². The monoisotopic (exact) mass is 406 g/mol. The maximum atomic E-state index is 14.1. The third-order valence-electron chi connectivity index (χ3n) is 4.46. The summed E-state index contributed by atoms with van der Waals surface area (Å²) in [4.78, 5) is 39.4. The van der Waals surface area contributed by atoms with Crippen LogP contribution in [-0.4, -0.2) is 38.1 Å². The fourth-order valence-electron chi connectivity index (χ4n) is 3.08. The number of hydrogen-bond acceptors (Lipinski definition) is 4. The predicted molar refractivity (Wildman–Crippen MR) is 100 cm³/mol. The van der Waals surface area contributed by atoms with Crippen molar-refractivity contribution in [2.24, 2.45) is 0 Å². The van der Waals surface area contributed by atoms with Gasteiger partial charge in [0.05, 0.1) is 5.69 Å². The van der Waals surface area contributed by atoms with E-state index in [2.05, 4.69) is 15.4 Å². The molecule has 28 heavy (non-hydrogen) atoms. The number of amides is 1. The van der Waals surface area contributed by atoms with Crippen molar-refractivity contribution in [3.63, 3.8) is 0 Å². The molecular weight excluding hydrogens is 391 g/mol. The Kier molecular flexibility index (Phi) is 5.19. The minimum atomic E-state index is -1.23. The van der Waals surface area contributed by atoms with Gasteiger partial charge in [0, 0.05) is 11.6 Å². The number of pyridine rings is 1. The largest absolute Gasteiger partial charge is 0.480 e. The number of aromatic nitrogens is 3. The molecule has 1 fully saturated rings. The van der Waals surface area contributed by atoms with E-state index >= 15 is 0 Å². The molecular formula is C18H16ClFN4O4. The number of nitrogens with one attached hydrogen (secondary N) is 2. The van der Waals surface area contributed by atoms with Gasteiger partial charge in [0.25, 0.3) is 5.91 Å². The van der Waals surface area contributed by atoms with Crippen molar-refractivity contribution >= 4 is 29.9 Å². The molecule has 1 saturated carbocycles. The van der Waals surface area contributed by atoms with Gasteiger partial charge in [-0.3, -0.25) is 19.5 Å². The Morgan fingerprint density at radius 1 is 1.29 bits per heavy atom. The highest BCUT2D eigenvalue weighted by Crippen LogP contribution is 2.41. The van der Waals surface area contributed by atoms with Crippen molar-refractivity contribution in [2.75, 3.05) is 6.54 Å². The summed E-state index contributed by atoms with van der Waals surface area (Å²) in [6.07, 6.45) is 3.31. The summed E-state index contributed by atoms with van der Waals surface area (Å²) in [6, 6.07) is 5.85. The van der Waals surface area contributed by atoms with E-state index in [1.165, 1.54) is 29.0 Å². The first-order chi connectivity index (χ1) is 12.9. The molecule has 4 rings (SSSR count). The highest BCUT2D eigenvalue weighted by Gasteiger charge is 2.25. The van der Waals surface area contributed by atoms with Gasteiger partial charge in [-0.25, -0.2) is 13.9 Å². The lowest BCUT2D eigenvalue weighted by molar-refractivity contribution is -0.135. The first-order valence-electron chi connectivity index (χ1n) is 8.34. The third-order valence-corrected chi connectivity index (χ3v) is 4.46. The molecule has 146 valence electrons. The summed E-state index contributed by atoms with van der Waals surface area (Å²) >= 11 is 0. The zero-order valence-electron chi connectivity index (χ0n) is 14.4. The van der Waals surface area contributed by atoms with E-state index < -0.39 is 29.7 Å². The first-order valence-corrected chi connectivity index (χ1v) is 8.34. The topological polar surface area (TPSA) is 117 Å². The number of carbonyl (C=O) groups excluding carboxylic acids is 1. The molecule has 3 N–H and O–H groups in total. The number of carboxylic acids is 1. The van der Waals surface area contributed by atoms with Crippen LogP contribution in [-0.2, 0) is 4.79 Å². The molecule has 0 saturated heterocycles. The van der Waals surface area contributed by atoms with Crippen LogP contribution in [0.4, 0.5) is 4.39 Å². The van der Waals surface area contributed by atoms with E-state index in [0.717, 1.165) is 18.4 Å². The molecule has 10 heteroatoms. The summed E-state index contributed by atoms with van der Waals surface area (Å²) in [5.41, 5.74) is 0.860. The highest BCUT2D eigenvalue weighted by molar-refractivity contribution is 6.01. The van der Waals surface area contributed by atoms with E-state index in [1.807, 2.05) is 6.07 Å². The summed E-state index contributed by atoms with van der Waals surface area (Å²) < 4.78 is 15.5. The Bertz CT molecular complexity index is 1140. The number of aliphatic carboxylic acids is 1. The van der Waals surface area contributed by atoms with Crippen molar-refractivity contribution in [1.82, 2.24) is 19.9 Å². The summed E-state index contributed by atoms with van der Waals surface area (Å²) in [6.45, 7) is -0.620. The lowest BCUT2D eigenvalue weighted by Crippen LogP contribution is -2.33. The van der Waals surface area contributed by atoms with Crippen molar-refractivity contribution in [2.45, 2.75) is 18.8 Å². The third kappa shape index (κ3) is 3.61. The Balaban J connectivity index is 0.00000225. The van der Waals surface area contributed by atoms with Gasteiger partial charge in [0.1, 0.15) is 24.3 Å². The van der Waals surface area contributed by atoms with Crippen molar-refractivity contribution < 1.29 is 19.1 Å². The van der Waals surface area contributed by atoms with Gasteiger partial charge in [-0.2, -0.15) is 0 Å². The second-order valence-corrected chi connectivity index (χ2v) is 6.44. The minimum Gasteiger partial charge on any atom is -0.480 e. The summed E-state index contributed by atoms with van der Waals surface area (Å²) in [5.74, 6) is -2.14. The summed E-state index contributed by atoms with van der Waals surface area (Å²) in [7, 11) is 0. The van der Waals surface area contributed by atoms with Crippen molar-refractivity contribution in [3.05, 3.63) is 57.8 Å². The SMILES string of the molecule is Cl.O=C(O)CNC(=O)c1c(=O)cc(-c2cc(F)cc(C3CC3)c2)n2[nH]cnc12. The van der Waals surface area contributed by atoms with Crippen LogP contribution in [0.3, 0.4) is 0 Å². The number of carboxylic acid groups (broad SMARTS) is 1. The minimum absolute atomic E-state index is 0. The first kappa shape index (κ1) is 19.6. The molecule has 0 aliphatic heterocycles. The van der Waals surface area contributed by atoms with E-state index in [1.54, 1.807) is 0 Å². The lowest BCUT2D eigenvalue weighted by Gasteiger charge is -2.10. The standard InChI is InChI=1S/C18H15FN4O4.ClH/c19-12-4-10(9-1-2-9)3-11(5-12)13-6-14(24)16(17-21-8-22-23(13)17)18(27)20-7-15(25)26;/h3-6,8-9H,1-2,7H2,(H,20,27)(H,21,22)(H,25,26);1H. The predicted octanol–water partition coefficient (Wildman–Crippen LogP) is 1.94. The number of benzene rings is 1. The molecule has 8 nitrogen and oxygen atoms in total. The summed E-state index contributed by atoms with van der Waals surface area (Å²) in [5, 5.41) is 13.7. The van der Waals surface area contributed by atoms with Gasteiger partial charge in [0.15, 0.2) is 11.1 Å². The zero-order chi connectivity index (χ0) is 19.1. The van der Waals surface area contributed by atoms with E-state index in [4.69, 9.17) is 5.11 Å². The van der Waals surface area contributed by atoms with Crippen LogP contribution in [0.25, 0.3) is 16.9 Å². The number of rotatable bonds is 5. The molecule has 0 radical (unpaired) electrons. The normalized spacial score (nSPS) is 13.2. The molecule has 0 atom stereocenters. The zero-order valence-corrected chi connectivity index (χ0v) is 15.3. The van der Waals surface area contributed by atoms with Gasteiger partial charge in [-0.15, -0.1) is 12.4 Å². The van der Waals surface area contributed by atoms with Gasteiger partial charge in [-0.05, 0) is 42.5 Å². The number of carbonyl (C=O) groups is 2. The second-order valence-electron chi connectivity index (χ2n) is 6.44. The average molecular weight is 407 g/mol. The quantitative estimate of drug-likeness (QED) is 0.598. The number of fused-ring (bicyclic) bond motifs is 1. The molecule has 1 aliphatic rings. The van der Waals surface area contributed by atoms with Crippen LogP contribution in [0.5, 0.6) is 0 Å².